The van der Waals surface area contributed by atoms with Gasteiger partial charge in [0.25, 0.3) is 0 Å². The summed E-state index contributed by atoms with van der Waals surface area (Å²) < 4.78 is 23.2. The average molecular weight is 475 g/mol. The predicted molar refractivity (Wildman–Crippen MR) is 127 cm³/mol. The summed E-state index contributed by atoms with van der Waals surface area (Å²) >= 11 is 0. The minimum atomic E-state index is -1.02. The Morgan fingerprint density at radius 3 is 2.50 bits per heavy atom. The van der Waals surface area contributed by atoms with Crippen LogP contribution in [0.3, 0.4) is 0 Å². The maximum atomic E-state index is 12.4. The maximum Gasteiger partial charge on any atom is 0.333 e. The van der Waals surface area contributed by atoms with Gasteiger partial charge in [-0.15, -0.1) is 0 Å². The predicted octanol–water partition coefficient (Wildman–Crippen LogP) is 4.23. The lowest BCUT2D eigenvalue weighted by Gasteiger charge is -2.60. The fourth-order valence-corrected chi connectivity index (χ4v) is 6.05. The van der Waals surface area contributed by atoms with E-state index in [-0.39, 0.29) is 17.3 Å². The molecule has 0 amide bonds. The number of aliphatic hydroxyl groups is 1. The van der Waals surface area contributed by atoms with E-state index in [9.17, 15) is 14.7 Å². The van der Waals surface area contributed by atoms with Crippen LogP contribution in [0, 0.1) is 22.7 Å². The highest BCUT2D eigenvalue weighted by Gasteiger charge is 2.70. The molecule has 3 rings (SSSR count). The summed E-state index contributed by atoms with van der Waals surface area (Å²) in [6.45, 7) is 16.8. The summed E-state index contributed by atoms with van der Waals surface area (Å²) in [5.74, 6) is -1.09. The van der Waals surface area contributed by atoms with Crippen LogP contribution < -0.4 is 0 Å². The van der Waals surface area contributed by atoms with Crippen molar-refractivity contribution in [3.05, 3.63) is 48.1 Å². The highest BCUT2D eigenvalue weighted by atomic mass is 16.8. The van der Waals surface area contributed by atoms with Gasteiger partial charge in [-0.05, 0) is 56.4 Å². The molecule has 2 aliphatic carbocycles. The normalized spacial score (nSPS) is 39.4. The van der Waals surface area contributed by atoms with Crippen molar-refractivity contribution < 1.29 is 33.6 Å². The Labute approximate surface area is 202 Å². The minimum absolute atomic E-state index is 0.128. The third kappa shape index (κ3) is 4.30. The molecule has 0 aromatic carbocycles. The zero-order valence-electron chi connectivity index (χ0n) is 21.1. The molecule has 7 nitrogen and oxygen atoms in total. The molecule has 0 aromatic rings. The first kappa shape index (κ1) is 26.4. The number of aliphatic hydroxyl groups excluding tert-OH is 1. The second-order valence-corrected chi connectivity index (χ2v) is 10.2. The van der Waals surface area contributed by atoms with Crippen molar-refractivity contribution in [1.29, 1.82) is 0 Å². The van der Waals surface area contributed by atoms with E-state index in [1.807, 2.05) is 13.0 Å². The van der Waals surface area contributed by atoms with Crippen LogP contribution in [0.25, 0.3) is 0 Å². The molecule has 8 atom stereocenters. The quantitative estimate of drug-likeness (QED) is 0.256. The standard InChI is InChI=1S/C27H38O7/c1-9-16(4)10-11-26(7)17(5)12-22(29)27-20(24(31-8)34-25(27)32-18(6)28)13-19(14-21(26)27)33-23(30)15(2)3/h9-10,13,17,19,21-22,24-25,29H,1-2,11-12,14H2,3-8H3/b16-10+/t17-,19+,21+,22+,24+,25-,26-,27+/m1/s1. The molecule has 188 valence electrons. The monoisotopic (exact) mass is 474 g/mol. The molecular formula is C27H38O7. The molecule has 1 saturated heterocycles. The van der Waals surface area contributed by atoms with Gasteiger partial charge >= 0.3 is 11.9 Å². The molecule has 34 heavy (non-hydrogen) atoms. The van der Waals surface area contributed by atoms with Crippen LogP contribution in [-0.4, -0.2) is 48.9 Å². The molecule has 2 fully saturated rings. The highest BCUT2D eigenvalue weighted by Crippen LogP contribution is 2.67. The van der Waals surface area contributed by atoms with Crippen LogP contribution in [0.4, 0.5) is 0 Å². The Bertz CT molecular complexity index is 918. The molecule has 7 heteroatoms. The molecule has 1 heterocycles. The molecular weight excluding hydrogens is 436 g/mol. The SMILES string of the molecule is C=C/C(C)=C/C[C@]1(C)[C@H](C)C[C@H](O)[C@]23C(=C[C@H](OC(=O)C(=C)C)C[C@@H]12)[C@@H](OC)O[C@H]3OC(C)=O. The van der Waals surface area contributed by atoms with Crippen molar-refractivity contribution in [3.8, 4) is 0 Å². The summed E-state index contributed by atoms with van der Waals surface area (Å²) in [5.41, 5.74) is 0.673. The number of allylic oxidation sites excluding steroid dienone is 3. The lowest BCUT2D eigenvalue weighted by atomic mass is 9.45. The van der Waals surface area contributed by atoms with Crippen molar-refractivity contribution in [3.63, 3.8) is 0 Å². The highest BCUT2D eigenvalue weighted by molar-refractivity contribution is 5.87. The van der Waals surface area contributed by atoms with Crippen LogP contribution in [0.2, 0.25) is 0 Å². The second-order valence-electron chi connectivity index (χ2n) is 10.2. The molecule has 0 aromatic heterocycles. The topological polar surface area (TPSA) is 91.3 Å². The summed E-state index contributed by atoms with van der Waals surface area (Å²) in [4.78, 5) is 24.5. The number of ether oxygens (including phenoxy) is 4. The molecule has 1 N–H and O–H groups in total. The first-order chi connectivity index (χ1) is 15.9. The van der Waals surface area contributed by atoms with Crippen LogP contribution in [0.5, 0.6) is 0 Å². The van der Waals surface area contributed by atoms with E-state index in [1.54, 1.807) is 13.0 Å². The smallest absolute Gasteiger partial charge is 0.333 e. The number of hydrogen-bond acceptors (Lipinski definition) is 7. The van der Waals surface area contributed by atoms with Gasteiger partial charge in [0.1, 0.15) is 6.10 Å². The summed E-state index contributed by atoms with van der Waals surface area (Å²) in [7, 11) is 1.50. The second kappa shape index (κ2) is 9.80. The maximum absolute atomic E-state index is 12.4. The van der Waals surface area contributed by atoms with E-state index in [4.69, 9.17) is 18.9 Å². The first-order valence-corrected chi connectivity index (χ1v) is 11.8. The van der Waals surface area contributed by atoms with Gasteiger partial charge in [0, 0.05) is 25.2 Å². The number of carbonyl (C=O) groups excluding carboxylic acids is 2. The molecule has 3 aliphatic rings. The molecule has 0 unspecified atom stereocenters. The number of methoxy groups -OCH3 is 1. The van der Waals surface area contributed by atoms with Gasteiger partial charge in [0.2, 0.25) is 6.29 Å². The largest absolute Gasteiger partial charge is 0.455 e. The Hall–Kier alpha value is -2.22. The Kier molecular flexibility index (Phi) is 7.60. The number of rotatable bonds is 7. The van der Waals surface area contributed by atoms with Gasteiger partial charge < -0.3 is 24.1 Å². The summed E-state index contributed by atoms with van der Waals surface area (Å²) in [5, 5.41) is 11.6. The van der Waals surface area contributed by atoms with Crippen LogP contribution >= 0.6 is 0 Å². The van der Waals surface area contributed by atoms with Crippen molar-refractivity contribution in [1.82, 2.24) is 0 Å². The van der Waals surface area contributed by atoms with E-state index in [1.165, 1.54) is 14.0 Å². The first-order valence-electron chi connectivity index (χ1n) is 11.8. The van der Waals surface area contributed by atoms with E-state index < -0.39 is 42.1 Å². The van der Waals surface area contributed by atoms with Crippen molar-refractivity contribution in [2.75, 3.05) is 7.11 Å². The number of esters is 2. The van der Waals surface area contributed by atoms with Crippen molar-refractivity contribution in [2.45, 2.75) is 78.7 Å². The van der Waals surface area contributed by atoms with E-state index in [2.05, 4.69) is 33.1 Å². The third-order valence-corrected chi connectivity index (χ3v) is 8.13. The minimum Gasteiger partial charge on any atom is -0.455 e. The number of hydrogen-bond donors (Lipinski definition) is 1. The Morgan fingerprint density at radius 1 is 1.26 bits per heavy atom. The Morgan fingerprint density at radius 2 is 1.94 bits per heavy atom. The van der Waals surface area contributed by atoms with Gasteiger partial charge in [-0.2, -0.15) is 0 Å². The average Bonchev–Trinajstić information content (AvgIpc) is 3.08. The molecule has 0 bridgehead atoms. The van der Waals surface area contributed by atoms with Crippen molar-refractivity contribution >= 4 is 11.9 Å². The van der Waals surface area contributed by atoms with E-state index in [0.717, 1.165) is 5.57 Å². The van der Waals surface area contributed by atoms with E-state index >= 15 is 0 Å². The van der Waals surface area contributed by atoms with Gasteiger partial charge in [0.15, 0.2) is 6.29 Å². The molecule has 1 spiro atoms. The van der Waals surface area contributed by atoms with Gasteiger partial charge in [-0.1, -0.05) is 44.7 Å². The zero-order valence-corrected chi connectivity index (χ0v) is 21.1. The lowest BCUT2D eigenvalue weighted by molar-refractivity contribution is -0.254. The fourth-order valence-electron chi connectivity index (χ4n) is 6.05. The van der Waals surface area contributed by atoms with Crippen LogP contribution in [-0.2, 0) is 28.5 Å². The van der Waals surface area contributed by atoms with Gasteiger partial charge in [0.05, 0.1) is 11.5 Å². The van der Waals surface area contributed by atoms with E-state index in [0.29, 0.717) is 30.4 Å². The van der Waals surface area contributed by atoms with Gasteiger partial charge in [-0.25, -0.2) is 4.79 Å². The molecule has 1 saturated carbocycles. The van der Waals surface area contributed by atoms with Crippen molar-refractivity contribution in [2.24, 2.45) is 22.7 Å². The fraction of sp³-hybridized carbons (Fsp3) is 0.630. The van der Waals surface area contributed by atoms with Crippen LogP contribution in [0.1, 0.15) is 53.9 Å². The summed E-state index contributed by atoms with van der Waals surface area (Å²) in [6, 6.07) is 0. The molecule has 0 radical (unpaired) electrons. The zero-order chi connectivity index (χ0) is 25.4. The van der Waals surface area contributed by atoms with Crippen LogP contribution in [0.15, 0.2) is 48.1 Å². The third-order valence-electron chi connectivity index (χ3n) is 8.13. The van der Waals surface area contributed by atoms with Gasteiger partial charge in [-0.3, -0.25) is 4.79 Å². The number of carbonyl (C=O) groups is 2. The Balaban J connectivity index is 2.20. The summed E-state index contributed by atoms with van der Waals surface area (Å²) in [6.07, 6.45) is 4.17. The lowest BCUT2D eigenvalue weighted by Crippen LogP contribution is -2.63. The molecule has 1 aliphatic heterocycles.